The van der Waals surface area contributed by atoms with Gasteiger partial charge in [-0.1, -0.05) is 11.6 Å². The number of nitrogens with zero attached hydrogens (tertiary/aromatic N) is 2. The minimum atomic E-state index is -0.101. The Morgan fingerprint density at radius 1 is 1.43 bits per heavy atom. The molecule has 108 valence electrons. The topological polar surface area (TPSA) is 57.2 Å². The van der Waals surface area contributed by atoms with Gasteiger partial charge in [-0.15, -0.1) is 0 Å². The number of fused-ring (bicyclic) bond motifs is 1. The fraction of sp³-hybridized carbons (Fsp3) is 0.375. The van der Waals surface area contributed by atoms with Crippen LogP contribution < -0.4 is 0 Å². The van der Waals surface area contributed by atoms with Crippen molar-refractivity contribution in [3.8, 4) is 6.07 Å². The molecule has 0 N–H and O–H groups in total. The third-order valence-electron chi connectivity index (χ3n) is 4.06. The molecule has 0 aliphatic carbocycles. The molecule has 0 atom stereocenters. The highest BCUT2D eigenvalue weighted by molar-refractivity contribution is 6.31. The molecule has 1 aromatic carbocycles. The van der Waals surface area contributed by atoms with E-state index in [1.54, 1.807) is 17.0 Å². The van der Waals surface area contributed by atoms with Gasteiger partial charge in [0, 0.05) is 35.0 Å². The summed E-state index contributed by atoms with van der Waals surface area (Å²) in [5.74, 6) is 0.337. The first-order valence-corrected chi connectivity index (χ1v) is 7.35. The summed E-state index contributed by atoms with van der Waals surface area (Å²) in [6.07, 6.45) is 1.46. The molecule has 3 rings (SSSR count). The Morgan fingerprint density at radius 2 is 2.14 bits per heavy atom. The number of benzene rings is 1. The van der Waals surface area contributed by atoms with Gasteiger partial charge in [-0.2, -0.15) is 5.26 Å². The number of piperidine rings is 1. The summed E-state index contributed by atoms with van der Waals surface area (Å²) < 4.78 is 5.71. The van der Waals surface area contributed by atoms with Crippen LogP contribution in [0.3, 0.4) is 0 Å². The number of likely N-dealkylation sites (tertiary alicyclic amines) is 1. The summed E-state index contributed by atoms with van der Waals surface area (Å²) in [6, 6.07) is 7.61. The first-order chi connectivity index (χ1) is 10.1. The molecule has 0 radical (unpaired) electrons. The molecule has 0 unspecified atom stereocenters. The van der Waals surface area contributed by atoms with Gasteiger partial charge >= 0.3 is 0 Å². The number of carbonyl (C=O) groups is 1. The lowest BCUT2D eigenvalue weighted by Crippen LogP contribution is -2.38. The molecule has 1 fully saturated rings. The highest BCUT2D eigenvalue weighted by Gasteiger charge is 2.27. The molecule has 4 nitrogen and oxygen atoms in total. The van der Waals surface area contributed by atoms with Crippen LogP contribution in [0, 0.1) is 24.2 Å². The largest absolute Gasteiger partial charge is 0.451 e. The SMILES string of the molecule is Cc1c(C(=O)N2CCC(C#N)CC2)oc2ccc(Cl)cc12. The van der Waals surface area contributed by atoms with E-state index in [9.17, 15) is 4.79 Å². The van der Waals surface area contributed by atoms with E-state index in [0.29, 0.717) is 29.5 Å². The van der Waals surface area contributed by atoms with Crippen LogP contribution in [0.25, 0.3) is 11.0 Å². The molecular weight excluding hydrogens is 288 g/mol. The number of amides is 1. The van der Waals surface area contributed by atoms with Gasteiger partial charge < -0.3 is 9.32 Å². The maximum absolute atomic E-state index is 12.6. The van der Waals surface area contributed by atoms with Gasteiger partial charge in [0.15, 0.2) is 5.76 Å². The Hall–Kier alpha value is -1.99. The van der Waals surface area contributed by atoms with Crippen molar-refractivity contribution in [3.05, 3.63) is 34.5 Å². The third-order valence-corrected chi connectivity index (χ3v) is 4.29. The predicted octanol–water partition coefficient (Wildman–Crippen LogP) is 3.77. The number of carbonyl (C=O) groups excluding carboxylic acids is 1. The molecule has 1 aliphatic heterocycles. The number of halogens is 1. The van der Waals surface area contributed by atoms with Gasteiger partial charge in [-0.05, 0) is 38.0 Å². The first kappa shape index (κ1) is 14.0. The molecule has 0 bridgehead atoms. The van der Waals surface area contributed by atoms with E-state index >= 15 is 0 Å². The van der Waals surface area contributed by atoms with Crippen LogP contribution >= 0.6 is 11.6 Å². The van der Waals surface area contributed by atoms with E-state index < -0.39 is 0 Å². The van der Waals surface area contributed by atoms with Crippen LogP contribution in [-0.4, -0.2) is 23.9 Å². The fourth-order valence-electron chi connectivity index (χ4n) is 2.75. The van der Waals surface area contributed by atoms with E-state index in [1.807, 2.05) is 13.0 Å². The van der Waals surface area contributed by atoms with Gasteiger partial charge in [0.2, 0.25) is 0 Å². The Labute approximate surface area is 127 Å². The van der Waals surface area contributed by atoms with Crippen molar-refractivity contribution in [1.82, 2.24) is 4.90 Å². The normalized spacial score (nSPS) is 16.1. The highest BCUT2D eigenvalue weighted by atomic mass is 35.5. The molecule has 1 aliphatic rings. The number of hydrogen-bond donors (Lipinski definition) is 0. The standard InChI is InChI=1S/C16H15ClN2O2/c1-10-13-8-12(17)2-3-14(13)21-15(10)16(20)19-6-4-11(9-18)5-7-19/h2-3,8,11H,4-7H2,1H3. The van der Waals surface area contributed by atoms with Crippen molar-refractivity contribution in [1.29, 1.82) is 5.26 Å². The predicted molar refractivity (Wildman–Crippen MR) is 80.2 cm³/mol. The third kappa shape index (κ3) is 2.50. The zero-order valence-corrected chi connectivity index (χ0v) is 12.5. The first-order valence-electron chi connectivity index (χ1n) is 6.97. The number of rotatable bonds is 1. The second-order valence-corrected chi connectivity index (χ2v) is 5.83. The fourth-order valence-corrected chi connectivity index (χ4v) is 2.92. The van der Waals surface area contributed by atoms with Gasteiger partial charge in [-0.25, -0.2) is 0 Å². The summed E-state index contributed by atoms with van der Waals surface area (Å²) in [4.78, 5) is 14.4. The average Bonchev–Trinajstić information content (AvgIpc) is 2.83. The number of furan rings is 1. The monoisotopic (exact) mass is 302 g/mol. The van der Waals surface area contributed by atoms with Crippen LogP contribution in [0.5, 0.6) is 0 Å². The van der Waals surface area contributed by atoms with E-state index in [4.69, 9.17) is 21.3 Å². The number of hydrogen-bond acceptors (Lipinski definition) is 3. The second kappa shape index (κ2) is 5.42. The molecule has 1 saturated heterocycles. The summed E-state index contributed by atoms with van der Waals surface area (Å²) in [5.41, 5.74) is 1.49. The van der Waals surface area contributed by atoms with Crippen molar-refractivity contribution >= 4 is 28.5 Å². The summed E-state index contributed by atoms with van der Waals surface area (Å²) in [6.45, 7) is 3.08. The van der Waals surface area contributed by atoms with Gasteiger partial charge in [0.1, 0.15) is 5.58 Å². The Balaban J connectivity index is 1.89. The molecule has 2 heterocycles. The molecule has 1 aromatic heterocycles. The number of nitriles is 1. The molecule has 21 heavy (non-hydrogen) atoms. The van der Waals surface area contributed by atoms with E-state index in [0.717, 1.165) is 23.8 Å². The zero-order valence-electron chi connectivity index (χ0n) is 11.7. The van der Waals surface area contributed by atoms with E-state index in [2.05, 4.69) is 6.07 Å². The van der Waals surface area contributed by atoms with Crippen molar-refractivity contribution in [2.45, 2.75) is 19.8 Å². The van der Waals surface area contributed by atoms with Crippen LogP contribution in [0.1, 0.15) is 29.0 Å². The Bertz CT molecular complexity index is 737. The molecule has 0 saturated carbocycles. The molecule has 5 heteroatoms. The lowest BCUT2D eigenvalue weighted by molar-refractivity contribution is 0.0676. The van der Waals surface area contributed by atoms with Crippen molar-refractivity contribution < 1.29 is 9.21 Å². The van der Waals surface area contributed by atoms with Gasteiger partial charge in [-0.3, -0.25) is 4.79 Å². The number of aryl methyl sites for hydroxylation is 1. The summed E-state index contributed by atoms with van der Waals surface area (Å²) >= 11 is 5.99. The Kier molecular flexibility index (Phi) is 3.60. The van der Waals surface area contributed by atoms with Crippen molar-refractivity contribution in [3.63, 3.8) is 0 Å². The van der Waals surface area contributed by atoms with Crippen molar-refractivity contribution in [2.24, 2.45) is 5.92 Å². The van der Waals surface area contributed by atoms with E-state index in [-0.39, 0.29) is 11.8 Å². The highest BCUT2D eigenvalue weighted by Crippen LogP contribution is 2.29. The minimum absolute atomic E-state index is 0.0598. The van der Waals surface area contributed by atoms with Gasteiger partial charge in [0.25, 0.3) is 5.91 Å². The van der Waals surface area contributed by atoms with Gasteiger partial charge in [0.05, 0.1) is 6.07 Å². The van der Waals surface area contributed by atoms with Crippen LogP contribution in [0.2, 0.25) is 5.02 Å². The summed E-state index contributed by atoms with van der Waals surface area (Å²) in [7, 11) is 0. The molecular formula is C16H15ClN2O2. The maximum atomic E-state index is 12.6. The molecule has 0 spiro atoms. The lowest BCUT2D eigenvalue weighted by atomic mass is 9.98. The second-order valence-electron chi connectivity index (χ2n) is 5.39. The molecule has 2 aromatic rings. The van der Waals surface area contributed by atoms with Crippen LogP contribution in [-0.2, 0) is 0 Å². The zero-order chi connectivity index (χ0) is 15.0. The quantitative estimate of drug-likeness (QED) is 0.805. The maximum Gasteiger partial charge on any atom is 0.289 e. The lowest BCUT2D eigenvalue weighted by Gasteiger charge is -2.28. The smallest absolute Gasteiger partial charge is 0.289 e. The van der Waals surface area contributed by atoms with Crippen LogP contribution in [0.4, 0.5) is 0 Å². The summed E-state index contributed by atoms with van der Waals surface area (Å²) in [5, 5.41) is 10.4. The van der Waals surface area contributed by atoms with E-state index in [1.165, 1.54) is 0 Å². The van der Waals surface area contributed by atoms with Crippen LogP contribution in [0.15, 0.2) is 22.6 Å². The average molecular weight is 303 g/mol. The minimum Gasteiger partial charge on any atom is -0.451 e. The van der Waals surface area contributed by atoms with Crippen molar-refractivity contribution in [2.75, 3.05) is 13.1 Å². The Morgan fingerprint density at radius 3 is 2.81 bits per heavy atom. The molecule has 1 amide bonds.